The number of carbonyl (C=O) groups is 1. The quantitative estimate of drug-likeness (QED) is 0.841. The molecule has 4 rings (SSSR count). The van der Waals surface area contributed by atoms with Gasteiger partial charge in [-0.05, 0) is 55.4 Å². The van der Waals surface area contributed by atoms with Gasteiger partial charge in [-0.2, -0.15) is 5.10 Å². The summed E-state index contributed by atoms with van der Waals surface area (Å²) in [5.74, 6) is 1.71. The second-order valence-electron chi connectivity index (χ2n) is 7.13. The third kappa shape index (κ3) is 3.41. The van der Waals surface area contributed by atoms with Crippen LogP contribution in [0.25, 0.3) is 0 Å². The molecule has 1 aromatic heterocycles. The molecule has 1 saturated heterocycles. The van der Waals surface area contributed by atoms with Crippen molar-refractivity contribution in [3.8, 4) is 5.75 Å². The van der Waals surface area contributed by atoms with E-state index in [0.717, 1.165) is 38.1 Å². The molecule has 1 aliphatic heterocycles. The zero-order valence-corrected chi connectivity index (χ0v) is 14.7. The van der Waals surface area contributed by atoms with Gasteiger partial charge in [-0.15, -0.1) is 0 Å². The van der Waals surface area contributed by atoms with Crippen LogP contribution in [0.4, 0.5) is 0 Å². The fraction of sp³-hybridized carbons (Fsp3) is 0.500. The summed E-state index contributed by atoms with van der Waals surface area (Å²) in [6.45, 7) is 1.69. The molecule has 5 heteroatoms. The molecule has 132 valence electrons. The maximum absolute atomic E-state index is 13.1. The average molecular weight is 339 g/mol. The van der Waals surface area contributed by atoms with Crippen LogP contribution in [0.15, 0.2) is 42.7 Å². The Balaban J connectivity index is 1.42. The number of amides is 1. The number of piperidine rings is 1. The highest BCUT2D eigenvalue weighted by Crippen LogP contribution is 2.49. The molecule has 2 fully saturated rings. The summed E-state index contributed by atoms with van der Waals surface area (Å²) in [4.78, 5) is 15.2. The number of ether oxygens (including phenoxy) is 1. The zero-order chi connectivity index (χ0) is 17.2. The second kappa shape index (κ2) is 6.90. The van der Waals surface area contributed by atoms with E-state index in [1.165, 1.54) is 12.0 Å². The van der Waals surface area contributed by atoms with Gasteiger partial charge < -0.3 is 9.64 Å². The summed E-state index contributed by atoms with van der Waals surface area (Å²) >= 11 is 0. The van der Waals surface area contributed by atoms with Crippen molar-refractivity contribution in [2.75, 3.05) is 13.7 Å². The van der Waals surface area contributed by atoms with Crippen molar-refractivity contribution in [3.63, 3.8) is 0 Å². The normalized spacial score (nSPS) is 25.6. The molecule has 1 aromatic carbocycles. The van der Waals surface area contributed by atoms with Crippen molar-refractivity contribution in [2.24, 2.45) is 5.92 Å². The predicted octanol–water partition coefficient (Wildman–Crippen LogP) is 3.08. The Morgan fingerprint density at radius 2 is 2.12 bits per heavy atom. The minimum Gasteiger partial charge on any atom is -0.497 e. The van der Waals surface area contributed by atoms with Crippen molar-refractivity contribution >= 4 is 5.91 Å². The largest absolute Gasteiger partial charge is 0.497 e. The molecule has 0 spiro atoms. The van der Waals surface area contributed by atoms with Gasteiger partial charge in [0.1, 0.15) is 5.75 Å². The van der Waals surface area contributed by atoms with Gasteiger partial charge in [-0.1, -0.05) is 12.1 Å². The zero-order valence-electron chi connectivity index (χ0n) is 14.7. The fourth-order valence-electron chi connectivity index (χ4n) is 4.01. The van der Waals surface area contributed by atoms with Crippen molar-refractivity contribution < 1.29 is 9.53 Å². The van der Waals surface area contributed by atoms with Crippen LogP contribution < -0.4 is 4.74 Å². The Bertz CT molecular complexity index is 711. The van der Waals surface area contributed by atoms with Gasteiger partial charge in [0, 0.05) is 24.9 Å². The number of nitrogens with zero attached hydrogens (tertiary/aromatic N) is 3. The lowest BCUT2D eigenvalue weighted by Gasteiger charge is -2.36. The summed E-state index contributed by atoms with van der Waals surface area (Å²) in [6.07, 6.45) is 8.13. The van der Waals surface area contributed by atoms with Crippen molar-refractivity contribution in [1.29, 1.82) is 0 Å². The van der Waals surface area contributed by atoms with Gasteiger partial charge in [0.2, 0.25) is 5.91 Å². The number of likely N-dealkylation sites (tertiary alicyclic amines) is 1. The van der Waals surface area contributed by atoms with E-state index in [1.54, 1.807) is 13.3 Å². The standard InChI is InChI=1S/C20H25N3O2/c1-25-17-8-6-15(7-9-17)18-13-19(18)20(24)23-12-3-2-5-16(23)14-22-11-4-10-21-22/h4,6-11,16,18-19H,2-3,5,12-14H2,1H3/t16-,18+,19-/m1/s1. The number of methoxy groups -OCH3 is 1. The molecular weight excluding hydrogens is 314 g/mol. The molecule has 0 N–H and O–H groups in total. The fourth-order valence-corrected chi connectivity index (χ4v) is 4.01. The highest BCUT2D eigenvalue weighted by Gasteiger charge is 2.47. The Labute approximate surface area is 148 Å². The maximum Gasteiger partial charge on any atom is 0.226 e. The molecule has 2 aromatic rings. The third-order valence-corrected chi connectivity index (χ3v) is 5.52. The number of hydrogen-bond donors (Lipinski definition) is 0. The molecule has 0 unspecified atom stereocenters. The first-order valence-electron chi connectivity index (χ1n) is 9.18. The number of aromatic nitrogens is 2. The minimum absolute atomic E-state index is 0.145. The number of hydrogen-bond acceptors (Lipinski definition) is 3. The summed E-state index contributed by atoms with van der Waals surface area (Å²) in [5, 5.41) is 4.31. The molecule has 1 saturated carbocycles. The topological polar surface area (TPSA) is 47.4 Å². The van der Waals surface area contributed by atoms with E-state index in [-0.39, 0.29) is 12.0 Å². The molecule has 0 bridgehead atoms. The summed E-state index contributed by atoms with van der Waals surface area (Å²) < 4.78 is 7.17. The lowest BCUT2D eigenvalue weighted by Crippen LogP contribution is -2.46. The maximum atomic E-state index is 13.1. The highest BCUT2D eigenvalue weighted by atomic mass is 16.5. The molecule has 25 heavy (non-hydrogen) atoms. The van der Waals surface area contributed by atoms with Crippen molar-refractivity contribution in [1.82, 2.24) is 14.7 Å². The minimum atomic E-state index is 0.145. The smallest absolute Gasteiger partial charge is 0.226 e. The van der Waals surface area contributed by atoms with Crippen LogP contribution in [0.1, 0.15) is 37.2 Å². The van der Waals surface area contributed by atoms with Gasteiger partial charge in [-0.3, -0.25) is 9.48 Å². The molecule has 0 radical (unpaired) electrons. The SMILES string of the molecule is COc1ccc([C@@H]2C[C@H]2C(=O)N2CCCC[C@@H]2Cn2cccn2)cc1. The lowest BCUT2D eigenvalue weighted by atomic mass is 10.0. The van der Waals surface area contributed by atoms with Crippen LogP contribution in [0.5, 0.6) is 5.75 Å². The average Bonchev–Trinajstić information content (AvgIpc) is 3.30. The first-order valence-corrected chi connectivity index (χ1v) is 9.18. The second-order valence-corrected chi connectivity index (χ2v) is 7.13. The first kappa shape index (κ1) is 16.2. The molecule has 2 heterocycles. The van der Waals surface area contributed by atoms with Crippen LogP contribution in [0.3, 0.4) is 0 Å². The molecule has 1 aliphatic carbocycles. The Hall–Kier alpha value is -2.30. The predicted molar refractivity (Wildman–Crippen MR) is 95.4 cm³/mol. The van der Waals surface area contributed by atoms with E-state index in [2.05, 4.69) is 22.1 Å². The Morgan fingerprint density at radius 3 is 2.84 bits per heavy atom. The van der Waals surface area contributed by atoms with Crippen molar-refractivity contribution in [2.45, 2.75) is 44.2 Å². The van der Waals surface area contributed by atoms with Gasteiger partial charge in [0.15, 0.2) is 0 Å². The third-order valence-electron chi connectivity index (χ3n) is 5.52. The van der Waals surface area contributed by atoms with E-state index in [1.807, 2.05) is 29.1 Å². The number of rotatable bonds is 5. The van der Waals surface area contributed by atoms with Crippen LogP contribution >= 0.6 is 0 Å². The van der Waals surface area contributed by atoms with E-state index in [9.17, 15) is 4.79 Å². The van der Waals surface area contributed by atoms with Gasteiger partial charge in [-0.25, -0.2) is 0 Å². The lowest BCUT2D eigenvalue weighted by molar-refractivity contribution is -0.136. The monoisotopic (exact) mass is 339 g/mol. The molecule has 1 amide bonds. The molecule has 2 aliphatic rings. The van der Waals surface area contributed by atoms with E-state index in [0.29, 0.717) is 11.8 Å². The van der Waals surface area contributed by atoms with Gasteiger partial charge >= 0.3 is 0 Å². The van der Waals surface area contributed by atoms with Crippen LogP contribution in [-0.2, 0) is 11.3 Å². The molecule has 3 atom stereocenters. The summed E-state index contributed by atoms with van der Waals surface area (Å²) in [7, 11) is 1.68. The summed E-state index contributed by atoms with van der Waals surface area (Å²) in [5.41, 5.74) is 1.25. The first-order chi connectivity index (χ1) is 12.3. The van der Waals surface area contributed by atoms with E-state index in [4.69, 9.17) is 4.74 Å². The van der Waals surface area contributed by atoms with Crippen LogP contribution in [0, 0.1) is 5.92 Å². The van der Waals surface area contributed by atoms with E-state index < -0.39 is 0 Å². The Morgan fingerprint density at radius 1 is 1.28 bits per heavy atom. The van der Waals surface area contributed by atoms with Crippen LogP contribution in [0.2, 0.25) is 0 Å². The van der Waals surface area contributed by atoms with Gasteiger partial charge in [0.25, 0.3) is 0 Å². The van der Waals surface area contributed by atoms with Crippen molar-refractivity contribution in [3.05, 3.63) is 48.3 Å². The van der Waals surface area contributed by atoms with Gasteiger partial charge in [0.05, 0.1) is 19.7 Å². The molecular formula is C20H25N3O2. The van der Waals surface area contributed by atoms with Crippen LogP contribution in [-0.4, -0.2) is 40.3 Å². The number of carbonyl (C=O) groups excluding carboxylic acids is 1. The number of benzene rings is 1. The Kier molecular flexibility index (Phi) is 4.47. The highest BCUT2D eigenvalue weighted by molar-refractivity contribution is 5.83. The van der Waals surface area contributed by atoms with E-state index >= 15 is 0 Å². The molecule has 5 nitrogen and oxygen atoms in total. The summed E-state index contributed by atoms with van der Waals surface area (Å²) in [6, 6.07) is 10.4.